The van der Waals surface area contributed by atoms with Crippen molar-refractivity contribution in [2.24, 2.45) is 0 Å². The molecule has 0 saturated carbocycles. The average molecular weight is 521 g/mol. The van der Waals surface area contributed by atoms with Gasteiger partial charge in [-0.05, 0) is 72.8 Å². The molecule has 0 spiro atoms. The highest BCUT2D eigenvalue weighted by Crippen LogP contribution is 2.26. The summed E-state index contributed by atoms with van der Waals surface area (Å²) >= 11 is 0. The van der Waals surface area contributed by atoms with Crippen LogP contribution in [0.25, 0.3) is 28.4 Å². The number of anilines is 1. The predicted molar refractivity (Wildman–Crippen MR) is 143 cm³/mol. The summed E-state index contributed by atoms with van der Waals surface area (Å²) in [6, 6.07) is 31.7. The van der Waals surface area contributed by atoms with Gasteiger partial charge in [0.15, 0.2) is 5.65 Å². The molecule has 0 radical (unpaired) electrons. The minimum absolute atomic E-state index is 0.118. The zero-order valence-electron chi connectivity index (χ0n) is 19.8. The number of nitrogens with one attached hydrogen (secondary N) is 1. The Balaban J connectivity index is 1.24. The molecular formula is C28H20N6O3S. The maximum absolute atomic E-state index is 13.1. The lowest BCUT2D eigenvalue weighted by atomic mass is 10.1. The second kappa shape index (κ2) is 9.75. The standard InChI is InChI=1S/C28H20N6O3S/c35-38(36,24-14-12-23(13-15-24)37-22-9-2-1-3-10-22)33-21-8-6-7-20(19-21)25-16-17-27-30-31-28(34(27)32-25)26-11-4-5-18-29-26/h1-19,33H. The van der Waals surface area contributed by atoms with Crippen LogP contribution in [-0.4, -0.2) is 33.2 Å². The molecule has 0 atom stereocenters. The number of hydrogen-bond acceptors (Lipinski definition) is 7. The van der Waals surface area contributed by atoms with Crippen molar-refractivity contribution in [3.8, 4) is 34.3 Å². The molecule has 0 fully saturated rings. The van der Waals surface area contributed by atoms with Gasteiger partial charge < -0.3 is 4.74 Å². The van der Waals surface area contributed by atoms with E-state index in [4.69, 9.17) is 4.74 Å². The number of hydrogen-bond donors (Lipinski definition) is 1. The Morgan fingerprint density at radius 2 is 1.50 bits per heavy atom. The quantitative estimate of drug-likeness (QED) is 0.298. The molecule has 3 aromatic carbocycles. The minimum Gasteiger partial charge on any atom is -0.457 e. The van der Waals surface area contributed by atoms with Crippen LogP contribution in [0, 0.1) is 0 Å². The number of aromatic nitrogens is 5. The molecule has 3 heterocycles. The van der Waals surface area contributed by atoms with Gasteiger partial charge in [0.05, 0.1) is 10.6 Å². The van der Waals surface area contributed by atoms with Gasteiger partial charge in [-0.1, -0.05) is 36.4 Å². The maximum atomic E-state index is 13.1. The van der Waals surface area contributed by atoms with Crippen molar-refractivity contribution in [1.82, 2.24) is 24.8 Å². The van der Waals surface area contributed by atoms with Gasteiger partial charge in [0.2, 0.25) is 5.82 Å². The molecule has 0 aliphatic rings. The van der Waals surface area contributed by atoms with Crippen LogP contribution in [0.2, 0.25) is 0 Å². The van der Waals surface area contributed by atoms with E-state index in [1.807, 2.05) is 60.7 Å². The van der Waals surface area contributed by atoms with Gasteiger partial charge in [0.25, 0.3) is 10.0 Å². The Morgan fingerprint density at radius 3 is 2.29 bits per heavy atom. The van der Waals surface area contributed by atoms with Gasteiger partial charge in [0.1, 0.15) is 17.2 Å². The number of pyridine rings is 1. The Morgan fingerprint density at radius 1 is 0.711 bits per heavy atom. The number of para-hydroxylation sites is 1. The van der Waals surface area contributed by atoms with Gasteiger partial charge in [-0.2, -0.15) is 9.61 Å². The van der Waals surface area contributed by atoms with Crippen LogP contribution in [0.3, 0.4) is 0 Å². The first-order valence-corrected chi connectivity index (χ1v) is 13.1. The van der Waals surface area contributed by atoms with Crippen molar-refractivity contribution >= 4 is 21.4 Å². The van der Waals surface area contributed by atoms with Crippen LogP contribution in [0.4, 0.5) is 5.69 Å². The van der Waals surface area contributed by atoms with E-state index in [2.05, 4.69) is 25.0 Å². The van der Waals surface area contributed by atoms with Gasteiger partial charge >= 0.3 is 0 Å². The first kappa shape index (κ1) is 23.3. The van der Waals surface area contributed by atoms with Crippen molar-refractivity contribution in [3.05, 3.63) is 115 Å². The van der Waals surface area contributed by atoms with E-state index >= 15 is 0 Å². The SMILES string of the molecule is O=S(=O)(Nc1cccc(-c2ccc3nnc(-c4ccccn4)n3n2)c1)c1ccc(Oc2ccccc2)cc1. The highest BCUT2D eigenvalue weighted by molar-refractivity contribution is 7.92. The predicted octanol–water partition coefficient (Wildman–Crippen LogP) is 5.45. The average Bonchev–Trinajstić information content (AvgIpc) is 3.38. The first-order chi connectivity index (χ1) is 18.5. The topological polar surface area (TPSA) is 111 Å². The van der Waals surface area contributed by atoms with Crippen LogP contribution in [0.1, 0.15) is 0 Å². The molecule has 38 heavy (non-hydrogen) atoms. The molecule has 186 valence electrons. The second-order valence-corrected chi connectivity index (χ2v) is 9.98. The number of sulfonamides is 1. The number of fused-ring (bicyclic) bond motifs is 1. The van der Waals surface area contributed by atoms with Crippen LogP contribution in [-0.2, 0) is 10.0 Å². The molecular weight excluding hydrogens is 500 g/mol. The Bertz CT molecular complexity index is 1820. The highest BCUT2D eigenvalue weighted by atomic mass is 32.2. The van der Waals surface area contributed by atoms with E-state index in [0.29, 0.717) is 40.0 Å². The van der Waals surface area contributed by atoms with E-state index in [9.17, 15) is 8.42 Å². The fraction of sp³-hybridized carbons (Fsp3) is 0. The lowest BCUT2D eigenvalue weighted by Crippen LogP contribution is -2.12. The lowest BCUT2D eigenvalue weighted by Gasteiger charge is -2.11. The summed E-state index contributed by atoms with van der Waals surface area (Å²) in [5, 5.41) is 13.1. The van der Waals surface area contributed by atoms with Crippen molar-refractivity contribution in [3.63, 3.8) is 0 Å². The van der Waals surface area contributed by atoms with Crippen molar-refractivity contribution in [1.29, 1.82) is 0 Å². The zero-order chi connectivity index (χ0) is 26.0. The molecule has 0 aliphatic carbocycles. The molecule has 3 aromatic heterocycles. The van der Waals surface area contributed by atoms with Gasteiger partial charge in [-0.25, -0.2) is 8.42 Å². The number of nitrogens with zero attached hydrogens (tertiary/aromatic N) is 5. The Labute approximate surface area is 218 Å². The molecule has 0 bridgehead atoms. The highest BCUT2D eigenvalue weighted by Gasteiger charge is 2.16. The van der Waals surface area contributed by atoms with Crippen LogP contribution in [0.5, 0.6) is 11.5 Å². The lowest BCUT2D eigenvalue weighted by molar-refractivity contribution is 0.482. The molecule has 9 nitrogen and oxygen atoms in total. The van der Waals surface area contributed by atoms with Crippen molar-refractivity contribution in [2.75, 3.05) is 4.72 Å². The molecule has 6 rings (SSSR count). The second-order valence-electron chi connectivity index (χ2n) is 8.30. The molecule has 0 aliphatic heterocycles. The van der Waals surface area contributed by atoms with Gasteiger partial charge in [-0.15, -0.1) is 10.2 Å². The third-order valence-electron chi connectivity index (χ3n) is 5.68. The largest absolute Gasteiger partial charge is 0.457 e. The molecule has 0 amide bonds. The van der Waals surface area contributed by atoms with Gasteiger partial charge in [0, 0.05) is 17.4 Å². The van der Waals surface area contributed by atoms with E-state index in [0.717, 1.165) is 5.56 Å². The fourth-order valence-corrected chi connectivity index (χ4v) is 4.91. The summed E-state index contributed by atoms with van der Waals surface area (Å²) < 4.78 is 36.1. The maximum Gasteiger partial charge on any atom is 0.261 e. The van der Waals surface area contributed by atoms with Crippen molar-refractivity contribution < 1.29 is 13.2 Å². The van der Waals surface area contributed by atoms with E-state index < -0.39 is 10.0 Å². The van der Waals surface area contributed by atoms with Crippen LogP contribution in [0.15, 0.2) is 120 Å². The summed E-state index contributed by atoms with van der Waals surface area (Å²) in [6.45, 7) is 0. The van der Waals surface area contributed by atoms with Crippen LogP contribution < -0.4 is 9.46 Å². The Hall–Kier alpha value is -5.09. The van der Waals surface area contributed by atoms with E-state index in [1.165, 1.54) is 12.1 Å². The van der Waals surface area contributed by atoms with E-state index in [1.54, 1.807) is 47.1 Å². The molecule has 0 saturated heterocycles. The number of benzene rings is 3. The first-order valence-electron chi connectivity index (χ1n) is 11.7. The molecule has 0 unspecified atom stereocenters. The molecule has 6 aromatic rings. The normalized spacial score (nSPS) is 11.4. The molecule has 10 heteroatoms. The van der Waals surface area contributed by atoms with Gasteiger partial charge in [-0.3, -0.25) is 9.71 Å². The van der Waals surface area contributed by atoms with E-state index in [-0.39, 0.29) is 4.90 Å². The fourth-order valence-electron chi connectivity index (χ4n) is 3.87. The molecule has 1 N–H and O–H groups in total. The summed E-state index contributed by atoms with van der Waals surface area (Å²) in [6.07, 6.45) is 1.68. The summed E-state index contributed by atoms with van der Waals surface area (Å²) in [7, 11) is -3.83. The van der Waals surface area contributed by atoms with Crippen LogP contribution >= 0.6 is 0 Å². The number of ether oxygens (including phenoxy) is 1. The minimum atomic E-state index is -3.83. The van der Waals surface area contributed by atoms with Crippen molar-refractivity contribution in [2.45, 2.75) is 4.90 Å². The third-order valence-corrected chi connectivity index (χ3v) is 7.08. The third kappa shape index (κ3) is 4.80. The zero-order valence-corrected chi connectivity index (χ0v) is 20.7. The summed E-state index contributed by atoms with van der Waals surface area (Å²) in [5.41, 5.74) is 2.97. The Kier molecular flexibility index (Phi) is 5.98. The smallest absolute Gasteiger partial charge is 0.261 e. The summed E-state index contributed by atoms with van der Waals surface area (Å²) in [5.74, 6) is 1.72. The summed E-state index contributed by atoms with van der Waals surface area (Å²) in [4.78, 5) is 4.45. The number of rotatable bonds is 7. The monoisotopic (exact) mass is 520 g/mol.